The summed E-state index contributed by atoms with van der Waals surface area (Å²) in [6.45, 7) is 8.25. The minimum Gasteiger partial charge on any atom is -0.478 e. The van der Waals surface area contributed by atoms with Crippen LogP contribution in [-0.2, 0) is 6.42 Å². The van der Waals surface area contributed by atoms with E-state index in [4.69, 9.17) is 0 Å². The highest BCUT2D eigenvalue weighted by molar-refractivity contribution is 8.00. The van der Waals surface area contributed by atoms with Crippen molar-refractivity contribution in [1.29, 1.82) is 0 Å². The Morgan fingerprint density at radius 2 is 2.05 bits per heavy atom. The molecule has 1 aromatic heterocycles. The highest BCUT2D eigenvalue weighted by atomic mass is 32.2. The molecule has 19 heavy (non-hydrogen) atoms. The summed E-state index contributed by atoms with van der Waals surface area (Å²) in [5.41, 5.74) is 1.17. The zero-order chi connectivity index (χ0) is 14.0. The highest BCUT2D eigenvalue weighted by Crippen LogP contribution is 2.28. The first-order valence-corrected chi connectivity index (χ1v) is 7.58. The average Bonchev–Trinajstić information content (AvgIpc) is 2.37. The van der Waals surface area contributed by atoms with E-state index in [1.165, 1.54) is 0 Å². The fourth-order valence-corrected chi connectivity index (χ4v) is 3.73. The van der Waals surface area contributed by atoms with Gasteiger partial charge >= 0.3 is 5.97 Å². The summed E-state index contributed by atoms with van der Waals surface area (Å²) < 4.78 is 0. The summed E-state index contributed by atoms with van der Waals surface area (Å²) >= 11 is 1.97. The fourth-order valence-electron chi connectivity index (χ4n) is 2.40. The number of nitrogens with zero attached hydrogens (tertiary/aromatic N) is 2. The molecule has 0 saturated carbocycles. The van der Waals surface area contributed by atoms with Gasteiger partial charge in [-0.25, -0.2) is 9.78 Å². The first-order valence-electron chi connectivity index (χ1n) is 6.64. The molecule has 0 bridgehead atoms. The quantitative estimate of drug-likeness (QED) is 0.922. The van der Waals surface area contributed by atoms with Crippen LogP contribution in [-0.4, -0.2) is 39.6 Å². The van der Waals surface area contributed by atoms with E-state index in [9.17, 15) is 9.90 Å². The summed E-state index contributed by atoms with van der Waals surface area (Å²) in [6, 6.07) is 3.36. The molecule has 1 aliphatic rings. The Morgan fingerprint density at radius 1 is 1.42 bits per heavy atom. The van der Waals surface area contributed by atoms with Crippen molar-refractivity contribution in [2.24, 2.45) is 0 Å². The molecule has 1 aliphatic heterocycles. The van der Waals surface area contributed by atoms with Crippen LogP contribution in [0.4, 0.5) is 5.82 Å². The molecule has 1 aromatic rings. The normalized spacial score (nSPS) is 23.4. The SMILES string of the molecule is CCc1cc(C(=O)O)cc(N2CC(C)SC(C)C2)n1. The molecular formula is C14H20N2O2S. The molecule has 1 saturated heterocycles. The lowest BCUT2D eigenvalue weighted by Crippen LogP contribution is -2.41. The molecule has 0 aromatic carbocycles. The standard InChI is InChI=1S/C14H20N2O2S/c1-4-12-5-11(14(17)18)6-13(15-12)16-7-9(2)19-10(3)8-16/h5-6,9-10H,4,7-8H2,1-3H3,(H,17,18). The second-order valence-corrected chi connectivity index (χ2v) is 6.91. The Balaban J connectivity index is 2.32. The minimum atomic E-state index is -0.883. The number of aromatic nitrogens is 1. The van der Waals surface area contributed by atoms with Gasteiger partial charge in [0.05, 0.1) is 5.56 Å². The second kappa shape index (κ2) is 5.82. The van der Waals surface area contributed by atoms with Crippen molar-refractivity contribution in [2.75, 3.05) is 18.0 Å². The van der Waals surface area contributed by atoms with Crippen molar-refractivity contribution in [3.63, 3.8) is 0 Å². The number of rotatable bonds is 3. The molecule has 0 spiro atoms. The molecule has 0 amide bonds. The van der Waals surface area contributed by atoms with Crippen LogP contribution in [0.5, 0.6) is 0 Å². The van der Waals surface area contributed by atoms with Crippen molar-refractivity contribution in [3.8, 4) is 0 Å². The van der Waals surface area contributed by atoms with E-state index in [2.05, 4.69) is 23.7 Å². The maximum atomic E-state index is 11.2. The van der Waals surface area contributed by atoms with Gasteiger partial charge in [-0.15, -0.1) is 0 Å². The third-order valence-corrected chi connectivity index (χ3v) is 4.45. The van der Waals surface area contributed by atoms with Crippen molar-refractivity contribution in [3.05, 3.63) is 23.4 Å². The molecule has 1 fully saturated rings. The number of hydrogen-bond donors (Lipinski definition) is 1. The Bertz CT molecular complexity index is 469. The van der Waals surface area contributed by atoms with E-state index in [0.717, 1.165) is 31.0 Å². The van der Waals surface area contributed by atoms with E-state index >= 15 is 0 Å². The number of hydrogen-bond acceptors (Lipinski definition) is 4. The van der Waals surface area contributed by atoms with Crippen LogP contribution in [0.15, 0.2) is 12.1 Å². The van der Waals surface area contributed by atoms with E-state index in [1.54, 1.807) is 12.1 Å². The first-order chi connectivity index (χ1) is 8.99. The van der Waals surface area contributed by atoms with E-state index in [1.807, 2.05) is 18.7 Å². The number of carboxylic acid groups (broad SMARTS) is 1. The third kappa shape index (κ3) is 3.41. The molecule has 0 radical (unpaired) electrons. The monoisotopic (exact) mass is 280 g/mol. The summed E-state index contributed by atoms with van der Waals surface area (Å²) in [4.78, 5) is 18.0. The van der Waals surface area contributed by atoms with Gasteiger partial charge in [0.2, 0.25) is 0 Å². The molecular weight excluding hydrogens is 260 g/mol. The first kappa shape index (κ1) is 14.2. The van der Waals surface area contributed by atoms with E-state index < -0.39 is 5.97 Å². The van der Waals surface area contributed by atoms with Gasteiger partial charge in [-0.05, 0) is 18.6 Å². The molecule has 2 atom stereocenters. The number of aromatic carboxylic acids is 1. The van der Waals surface area contributed by atoms with Gasteiger partial charge in [0.1, 0.15) is 5.82 Å². The van der Waals surface area contributed by atoms with Crippen molar-refractivity contribution < 1.29 is 9.90 Å². The van der Waals surface area contributed by atoms with Crippen LogP contribution in [0.2, 0.25) is 0 Å². The summed E-state index contributed by atoms with van der Waals surface area (Å²) in [7, 11) is 0. The molecule has 2 unspecified atom stereocenters. The minimum absolute atomic E-state index is 0.334. The van der Waals surface area contributed by atoms with Gasteiger partial charge < -0.3 is 10.0 Å². The number of thioether (sulfide) groups is 1. The topological polar surface area (TPSA) is 53.4 Å². The predicted molar refractivity (Wildman–Crippen MR) is 79.3 cm³/mol. The highest BCUT2D eigenvalue weighted by Gasteiger charge is 2.24. The van der Waals surface area contributed by atoms with Crippen LogP contribution in [0, 0.1) is 0 Å². The van der Waals surface area contributed by atoms with Crippen molar-refractivity contribution >= 4 is 23.5 Å². The van der Waals surface area contributed by atoms with Crippen LogP contribution >= 0.6 is 11.8 Å². The number of carboxylic acids is 1. The summed E-state index contributed by atoms with van der Waals surface area (Å²) in [5, 5.41) is 10.3. The van der Waals surface area contributed by atoms with Crippen LogP contribution in [0.25, 0.3) is 0 Å². The summed E-state index contributed by atoms with van der Waals surface area (Å²) in [6.07, 6.45) is 0.752. The number of aryl methyl sites for hydroxylation is 1. The lowest BCUT2D eigenvalue weighted by Gasteiger charge is -2.35. The zero-order valence-corrected chi connectivity index (χ0v) is 12.4. The Hall–Kier alpha value is -1.23. The van der Waals surface area contributed by atoms with Crippen molar-refractivity contribution in [2.45, 2.75) is 37.7 Å². The van der Waals surface area contributed by atoms with Gasteiger partial charge in [-0.2, -0.15) is 11.8 Å². The molecule has 5 heteroatoms. The molecule has 0 aliphatic carbocycles. The smallest absolute Gasteiger partial charge is 0.335 e. The number of anilines is 1. The molecule has 2 heterocycles. The maximum absolute atomic E-state index is 11.2. The predicted octanol–water partition coefficient (Wildman–Crippen LogP) is 2.67. The Labute approximate surface area is 118 Å². The van der Waals surface area contributed by atoms with Crippen molar-refractivity contribution in [1.82, 2.24) is 4.98 Å². The van der Waals surface area contributed by atoms with Gasteiger partial charge in [0.25, 0.3) is 0 Å². The second-order valence-electron chi connectivity index (χ2n) is 5.03. The van der Waals surface area contributed by atoms with Gasteiger partial charge in [0.15, 0.2) is 0 Å². The number of carbonyl (C=O) groups is 1. The van der Waals surface area contributed by atoms with E-state index in [0.29, 0.717) is 16.1 Å². The molecule has 2 rings (SSSR count). The van der Waals surface area contributed by atoms with Crippen LogP contribution in [0.1, 0.15) is 36.8 Å². The lowest BCUT2D eigenvalue weighted by molar-refractivity contribution is 0.0696. The molecule has 4 nitrogen and oxygen atoms in total. The van der Waals surface area contributed by atoms with Crippen LogP contribution < -0.4 is 4.90 Å². The third-order valence-electron chi connectivity index (χ3n) is 3.22. The van der Waals surface area contributed by atoms with Gasteiger partial charge in [-0.3, -0.25) is 0 Å². The molecule has 1 N–H and O–H groups in total. The maximum Gasteiger partial charge on any atom is 0.335 e. The lowest BCUT2D eigenvalue weighted by atomic mass is 10.2. The Kier molecular flexibility index (Phi) is 4.34. The average molecular weight is 280 g/mol. The van der Waals surface area contributed by atoms with E-state index in [-0.39, 0.29) is 0 Å². The van der Waals surface area contributed by atoms with Gasteiger partial charge in [0, 0.05) is 29.3 Å². The molecule has 104 valence electrons. The summed E-state index contributed by atoms with van der Waals surface area (Å²) in [5.74, 6) is -0.0819. The fraction of sp³-hybridized carbons (Fsp3) is 0.571. The van der Waals surface area contributed by atoms with Crippen LogP contribution in [0.3, 0.4) is 0 Å². The number of pyridine rings is 1. The van der Waals surface area contributed by atoms with Gasteiger partial charge in [-0.1, -0.05) is 20.8 Å². The zero-order valence-electron chi connectivity index (χ0n) is 11.6. The largest absolute Gasteiger partial charge is 0.478 e. The Morgan fingerprint density at radius 3 is 2.58 bits per heavy atom.